The van der Waals surface area contributed by atoms with Crippen LogP contribution in [0.1, 0.15) is 44.5 Å². The zero-order valence-corrected chi connectivity index (χ0v) is 31.2. The van der Waals surface area contributed by atoms with Crippen LogP contribution in [0.4, 0.5) is 11.4 Å². The van der Waals surface area contributed by atoms with Gasteiger partial charge in [-0.05, 0) is 76.9 Å². The fourth-order valence-corrected chi connectivity index (χ4v) is 7.46. The van der Waals surface area contributed by atoms with Crippen LogP contribution in [0, 0.1) is 23.7 Å². The molecular weight excluding hydrogens is 681 g/mol. The van der Waals surface area contributed by atoms with Crippen molar-refractivity contribution in [3.8, 4) is 23.7 Å². The molecule has 56 heavy (non-hydrogen) atoms. The standard InChI is InChI=1S/C52H41N4/c1-5-13-45(14-6-1)35-53-39-55(37-47-17-9-3-10-18-47)51-33-43(29-31-49(51)53)27-25-41-21-23-42(24-22-41)26-28-44-30-32-50-52(34-44)56(38-48-19-11-4-12-20-48)40-54(50)36-46-15-7-2-8-16-46/h1-24,29-34,39H,35-38,40H2/q+1. The van der Waals surface area contributed by atoms with Gasteiger partial charge in [-0.15, -0.1) is 0 Å². The third kappa shape index (κ3) is 7.97. The number of aromatic nitrogens is 2. The van der Waals surface area contributed by atoms with Gasteiger partial charge in [0.15, 0.2) is 11.0 Å². The predicted octanol–water partition coefficient (Wildman–Crippen LogP) is 9.81. The quantitative estimate of drug-likeness (QED) is 0.115. The van der Waals surface area contributed by atoms with Crippen molar-refractivity contribution in [3.63, 3.8) is 0 Å². The maximum atomic E-state index is 3.44. The second-order valence-corrected chi connectivity index (χ2v) is 14.3. The lowest BCUT2D eigenvalue weighted by Gasteiger charge is -2.22. The van der Waals surface area contributed by atoms with E-state index < -0.39 is 0 Å². The minimum atomic E-state index is 0.794. The van der Waals surface area contributed by atoms with E-state index in [0.29, 0.717) is 0 Å². The fraction of sp³-hybridized carbons (Fsp3) is 0.0962. The molecule has 1 aliphatic rings. The number of nitrogens with zero attached hydrogens (tertiary/aromatic N) is 4. The summed E-state index contributed by atoms with van der Waals surface area (Å²) < 4.78 is 4.66. The van der Waals surface area contributed by atoms with Gasteiger partial charge in [0.2, 0.25) is 6.33 Å². The van der Waals surface area contributed by atoms with Crippen molar-refractivity contribution in [3.05, 3.63) is 233 Å². The maximum absolute atomic E-state index is 3.44. The Labute approximate surface area is 329 Å². The summed E-state index contributed by atoms with van der Waals surface area (Å²) in [5.74, 6) is 13.7. The molecule has 0 unspecified atom stereocenters. The van der Waals surface area contributed by atoms with Crippen LogP contribution in [0.2, 0.25) is 0 Å². The molecule has 0 aliphatic carbocycles. The molecule has 8 aromatic rings. The summed E-state index contributed by atoms with van der Waals surface area (Å²) in [6.45, 7) is 4.15. The average molecular weight is 722 g/mol. The van der Waals surface area contributed by atoms with E-state index in [2.05, 4.69) is 231 Å². The lowest BCUT2D eigenvalue weighted by Crippen LogP contribution is -2.32. The molecule has 1 aliphatic heterocycles. The van der Waals surface area contributed by atoms with Crippen LogP contribution in [-0.4, -0.2) is 11.2 Å². The summed E-state index contributed by atoms with van der Waals surface area (Å²) in [6.07, 6.45) is 2.23. The number of anilines is 2. The molecule has 0 atom stereocenters. The van der Waals surface area contributed by atoms with E-state index in [1.807, 2.05) is 0 Å². The topological polar surface area (TPSA) is 15.3 Å². The van der Waals surface area contributed by atoms with Crippen molar-refractivity contribution in [2.75, 3.05) is 16.5 Å². The number of rotatable bonds is 8. The van der Waals surface area contributed by atoms with E-state index in [0.717, 1.165) is 55.1 Å². The summed E-state index contributed by atoms with van der Waals surface area (Å²) in [6, 6.07) is 64.0. The van der Waals surface area contributed by atoms with Crippen molar-refractivity contribution in [1.29, 1.82) is 0 Å². The third-order valence-electron chi connectivity index (χ3n) is 10.3. The smallest absolute Gasteiger partial charge is 0.245 e. The molecule has 0 N–H and O–H groups in total. The van der Waals surface area contributed by atoms with Gasteiger partial charge in [-0.3, -0.25) is 0 Å². The van der Waals surface area contributed by atoms with Crippen LogP contribution in [0.3, 0.4) is 0 Å². The van der Waals surface area contributed by atoms with Crippen molar-refractivity contribution < 1.29 is 4.57 Å². The van der Waals surface area contributed by atoms with E-state index in [9.17, 15) is 0 Å². The molecule has 0 bridgehead atoms. The zero-order chi connectivity index (χ0) is 37.5. The van der Waals surface area contributed by atoms with Gasteiger partial charge in [-0.2, -0.15) is 0 Å². The molecule has 0 spiro atoms. The van der Waals surface area contributed by atoms with Gasteiger partial charge in [-0.1, -0.05) is 145 Å². The minimum Gasteiger partial charge on any atom is -0.348 e. The van der Waals surface area contributed by atoms with Gasteiger partial charge in [0.05, 0.1) is 18.0 Å². The van der Waals surface area contributed by atoms with Crippen molar-refractivity contribution in [2.24, 2.45) is 0 Å². The van der Waals surface area contributed by atoms with Crippen molar-refractivity contribution in [1.82, 2.24) is 4.57 Å². The van der Waals surface area contributed by atoms with Gasteiger partial charge in [0, 0.05) is 41.4 Å². The lowest BCUT2D eigenvalue weighted by molar-refractivity contribution is -0.663. The van der Waals surface area contributed by atoms with Gasteiger partial charge in [0.1, 0.15) is 13.1 Å². The highest BCUT2D eigenvalue weighted by atomic mass is 15.4. The van der Waals surface area contributed by atoms with Gasteiger partial charge in [0.25, 0.3) is 0 Å². The van der Waals surface area contributed by atoms with E-state index in [1.54, 1.807) is 0 Å². The molecule has 4 heteroatoms. The number of hydrogen-bond donors (Lipinski definition) is 0. The predicted molar refractivity (Wildman–Crippen MR) is 228 cm³/mol. The molecule has 7 aromatic carbocycles. The largest absolute Gasteiger partial charge is 0.348 e. The van der Waals surface area contributed by atoms with E-state index >= 15 is 0 Å². The van der Waals surface area contributed by atoms with Gasteiger partial charge in [-0.25, -0.2) is 9.13 Å². The van der Waals surface area contributed by atoms with Gasteiger partial charge >= 0.3 is 0 Å². The molecule has 0 saturated carbocycles. The summed E-state index contributed by atoms with van der Waals surface area (Å²) in [4.78, 5) is 4.90. The molecule has 0 radical (unpaired) electrons. The van der Waals surface area contributed by atoms with Crippen LogP contribution >= 0.6 is 0 Å². The number of hydrogen-bond acceptors (Lipinski definition) is 2. The molecule has 0 amide bonds. The SMILES string of the molecule is C(#Cc1ccc2c(c1)N(Cc1ccccc1)CN2Cc1ccccc1)c1ccc(C#Cc2ccc3c(c2)n(Cc2ccccc2)c[n+]3Cc2ccccc2)cc1. The van der Waals surface area contributed by atoms with Crippen molar-refractivity contribution in [2.45, 2.75) is 26.2 Å². The summed E-state index contributed by atoms with van der Waals surface area (Å²) in [5.41, 5.74) is 13.9. The summed E-state index contributed by atoms with van der Waals surface area (Å²) in [7, 11) is 0. The molecule has 1 aromatic heterocycles. The highest BCUT2D eigenvalue weighted by Gasteiger charge is 2.26. The average Bonchev–Trinajstić information content (AvgIpc) is 3.76. The number of benzene rings is 7. The molecule has 4 nitrogen and oxygen atoms in total. The second kappa shape index (κ2) is 16.0. The first-order valence-corrected chi connectivity index (χ1v) is 19.2. The van der Waals surface area contributed by atoms with Crippen LogP contribution in [0.25, 0.3) is 11.0 Å². The Kier molecular flexibility index (Phi) is 9.85. The fourth-order valence-electron chi connectivity index (χ4n) is 7.46. The number of imidazole rings is 1. The molecule has 0 fully saturated rings. The Hall–Kier alpha value is -7.27. The van der Waals surface area contributed by atoms with Crippen LogP contribution < -0.4 is 14.4 Å². The first kappa shape index (κ1) is 34.5. The molecule has 9 rings (SSSR count). The zero-order valence-electron chi connectivity index (χ0n) is 31.2. The highest BCUT2D eigenvalue weighted by Crippen LogP contribution is 2.38. The van der Waals surface area contributed by atoms with E-state index in [4.69, 9.17) is 0 Å². The molecule has 268 valence electrons. The Balaban J connectivity index is 0.935. The molecular formula is C52H41N4+. The van der Waals surface area contributed by atoms with E-state index in [-0.39, 0.29) is 0 Å². The first-order chi connectivity index (χ1) is 27.7. The minimum absolute atomic E-state index is 0.794. The Bertz CT molecular complexity index is 2710. The Morgan fingerprint density at radius 2 is 0.857 bits per heavy atom. The van der Waals surface area contributed by atoms with Gasteiger partial charge < -0.3 is 9.80 Å². The molecule has 0 saturated heterocycles. The van der Waals surface area contributed by atoms with Crippen molar-refractivity contribution >= 4 is 22.4 Å². The third-order valence-corrected chi connectivity index (χ3v) is 10.3. The summed E-state index contributed by atoms with van der Waals surface area (Å²) in [5, 5.41) is 0. The highest BCUT2D eigenvalue weighted by molar-refractivity contribution is 5.78. The first-order valence-electron chi connectivity index (χ1n) is 19.2. The monoisotopic (exact) mass is 721 g/mol. The maximum Gasteiger partial charge on any atom is 0.245 e. The van der Waals surface area contributed by atoms with Crippen LogP contribution in [-0.2, 0) is 26.2 Å². The number of fused-ring (bicyclic) bond motifs is 2. The summed E-state index contributed by atoms with van der Waals surface area (Å²) >= 11 is 0. The Morgan fingerprint density at radius 3 is 1.43 bits per heavy atom. The second-order valence-electron chi connectivity index (χ2n) is 14.3. The normalized spacial score (nSPS) is 11.8. The van der Waals surface area contributed by atoms with Crippen LogP contribution in [0.15, 0.2) is 188 Å². The van der Waals surface area contributed by atoms with E-state index in [1.165, 1.54) is 44.7 Å². The lowest BCUT2D eigenvalue weighted by atomic mass is 10.1. The Morgan fingerprint density at radius 1 is 0.411 bits per heavy atom. The molecule has 2 heterocycles. The van der Waals surface area contributed by atoms with Crippen LogP contribution in [0.5, 0.6) is 0 Å².